The van der Waals surface area contributed by atoms with Crippen LogP contribution in [0.2, 0.25) is 0 Å². The van der Waals surface area contributed by atoms with Crippen LogP contribution in [0.5, 0.6) is 5.88 Å². The smallest absolute Gasteiger partial charge is 0.218 e. The quantitative estimate of drug-likeness (QED) is 0.852. The average molecular weight is 237 g/mol. The number of rotatable bonds is 3. The van der Waals surface area contributed by atoms with Crippen molar-refractivity contribution in [2.75, 3.05) is 24.6 Å². The molecule has 17 heavy (non-hydrogen) atoms. The highest BCUT2D eigenvalue weighted by molar-refractivity contribution is 5.41. The second kappa shape index (κ2) is 5.31. The lowest BCUT2D eigenvalue weighted by Crippen LogP contribution is -2.43. The normalized spacial score (nSPS) is 24.8. The Morgan fingerprint density at radius 3 is 3.06 bits per heavy atom. The summed E-state index contributed by atoms with van der Waals surface area (Å²) < 4.78 is 5.35. The second-order valence-electron chi connectivity index (χ2n) is 4.43. The first-order valence-electron chi connectivity index (χ1n) is 6.08. The highest BCUT2D eigenvalue weighted by Gasteiger charge is 2.25. The van der Waals surface area contributed by atoms with Crippen molar-refractivity contribution in [3.8, 4) is 5.88 Å². The first-order chi connectivity index (χ1) is 8.20. The molecule has 0 aromatic carbocycles. The Hall–Kier alpha value is -1.36. The predicted octanol–water partition coefficient (Wildman–Crippen LogP) is 1.08. The van der Waals surface area contributed by atoms with Crippen molar-refractivity contribution in [1.82, 2.24) is 9.97 Å². The van der Waals surface area contributed by atoms with Gasteiger partial charge in [-0.2, -0.15) is 0 Å². The minimum Gasteiger partial charge on any atom is -0.478 e. The van der Waals surface area contributed by atoms with Gasteiger partial charge in [-0.15, -0.1) is 0 Å². The molecule has 0 bridgehead atoms. The number of piperidine rings is 1. The van der Waals surface area contributed by atoms with E-state index < -0.39 is 0 Å². The second-order valence-corrected chi connectivity index (χ2v) is 4.43. The maximum Gasteiger partial charge on any atom is 0.218 e. The Bertz CT molecular complexity index is 373. The molecule has 1 fully saturated rings. The third-order valence-corrected chi connectivity index (χ3v) is 3.16. The molecule has 1 aromatic heterocycles. The molecule has 2 atom stereocenters. The standard InChI is InChI=1S/C12H19N3O2/c1-3-17-12-6-11(13-8-14-12)15-5-4-9(2)10(16)7-15/h6,8-10,16H,3-5,7H2,1-2H3/t9-,10-/m1/s1. The zero-order valence-corrected chi connectivity index (χ0v) is 10.3. The molecular formula is C12H19N3O2. The summed E-state index contributed by atoms with van der Waals surface area (Å²) in [5, 5.41) is 9.87. The summed E-state index contributed by atoms with van der Waals surface area (Å²) in [5.41, 5.74) is 0. The molecule has 1 N–H and O–H groups in total. The van der Waals surface area contributed by atoms with E-state index in [1.807, 2.05) is 13.0 Å². The van der Waals surface area contributed by atoms with Crippen LogP contribution < -0.4 is 9.64 Å². The van der Waals surface area contributed by atoms with E-state index in [2.05, 4.69) is 21.8 Å². The Labute approximate surface area is 101 Å². The topological polar surface area (TPSA) is 58.5 Å². The number of hydrogen-bond acceptors (Lipinski definition) is 5. The number of aliphatic hydroxyl groups excluding tert-OH is 1. The lowest BCUT2D eigenvalue weighted by molar-refractivity contribution is 0.102. The van der Waals surface area contributed by atoms with Gasteiger partial charge in [-0.05, 0) is 19.3 Å². The molecule has 5 nitrogen and oxygen atoms in total. The number of β-amino-alcohol motifs (C(OH)–C–C–N with tert-alkyl or cyclic N) is 1. The van der Waals surface area contributed by atoms with E-state index in [9.17, 15) is 5.11 Å². The predicted molar refractivity (Wildman–Crippen MR) is 65.2 cm³/mol. The van der Waals surface area contributed by atoms with Crippen molar-refractivity contribution in [2.45, 2.75) is 26.4 Å². The minimum atomic E-state index is -0.283. The van der Waals surface area contributed by atoms with Crippen molar-refractivity contribution in [3.63, 3.8) is 0 Å². The van der Waals surface area contributed by atoms with Gasteiger partial charge in [-0.3, -0.25) is 0 Å². The molecule has 5 heteroatoms. The molecule has 1 aliphatic rings. The fraction of sp³-hybridized carbons (Fsp3) is 0.667. The van der Waals surface area contributed by atoms with E-state index in [0.29, 0.717) is 24.9 Å². The van der Waals surface area contributed by atoms with E-state index in [1.165, 1.54) is 6.33 Å². The monoisotopic (exact) mass is 237 g/mol. The summed E-state index contributed by atoms with van der Waals surface area (Å²) in [7, 11) is 0. The summed E-state index contributed by atoms with van der Waals surface area (Å²) >= 11 is 0. The fourth-order valence-corrected chi connectivity index (χ4v) is 1.99. The Morgan fingerprint density at radius 2 is 2.35 bits per heavy atom. The van der Waals surface area contributed by atoms with Gasteiger partial charge in [0.1, 0.15) is 12.1 Å². The van der Waals surface area contributed by atoms with Crippen LogP contribution in [0, 0.1) is 5.92 Å². The van der Waals surface area contributed by atoms with Crippen molar-refractivity contribution in [2.24, 2.45) is 5.92 Å². The number of hydrogen-bond donors (Lipinski definition) is 1. The highest BCUT2D eigenvalue weighted by atomic mass is 16.5. The molecule has 2 heterocycles. The zero-order chi connectivity index (χ0) is 12.3. The van der Waals surface area contributed by atoms with Gasteiger partial charge in [0.15, 0.2) is 0 Å². The maximum atomic E-state index is 9.87. The summed E-state index contributed by atoms with van der Waals surface area (Å²) in [6.45, 7) is 6.14. The molecule has 94 valence electrons. The van der Waals surface area contributed by atoms with Gasteiger partial charge in [0.05, 0.1) is 12.7 Å². The Balaban J connectivity index is 2.09. The molecular weight excluding hydrogens is 218 g/mol. The van der Waals surface area contributed by atoms with Crippen LogP contribution in [-0.4, -0.2) is 40.9 Å². The zero-order valence-electron chi connectivity index (χ0n) is 10.3. The van der Waals surface area contributed by atoms with E-state index in [1.54, 1.807) is 0 Å². The first kappa shape index (κ1) is 12.1. The van der Waals surface area contributed by atoms with Crippen molar-refractivity contribution < 1.29 is 9.84 Å². The van der Waals surface area contributed by atoms with E-state index >= 15 is 0 Å². The number of ether oxygens (including phenoxy) is 1. The molecule has 0 saturated carbocycles. The van der Waals surface area contributed by atoms with Gasteiger partial charge in [-0.25, -0.2) is 9.97 Å². The van der Waals surface area contributed by atoms with Gasteiger partial charge in [0.2, 0.25) is 5.88 Å². The van der Waals surface area contributed by atoms with Gasteiger partial charge in [0, 0.05) is 19.2 Å². The first-order valence-corrected chi connectivity index (χ1v) is 6.08. The van der Waals surface area contributed by atoms with Crippen LogP contribution in [-0.2, 0) is 0 Å². The van der Waals surface area contributed by atoms with Crippen LogP contribution in [0.1, 0.15) is 20.3 Å². The number of anilines is 1. The maximum absolute atomic E-state index is 9.87. The molecule has 2 rings (SSSR count). The molecule has 0 aliphatic carbocycles. The number of aromatic nitrogens is 2. The van der Waals surface area contributed by atoms with Crippen LogP contribution in [0.4, 0.5) is 5.82 Å². The fourth-order valence-electron chi connectivity index (χ4n) is 1.99. The molecule has 0 amide bonds. The summed E-state index contributed by atoms with van der Waals surface area (Å²) in [6, 6.07) is 1.83. The van der Waals surface area contributed by atoms with Crippen molar-refractivity contribution >= 4 is 5.82 Å². The molecule has 0 unspecified atom stereocenters. The van der Waals surface area contributed by atoms with Crippen molar-refractivity contribution in [3.05, 3.63) is 12.4 Å². The molecule has 1 saturated heterocycles. The van der Waals surface area contributed by atoms with Gasteiger partial charge < -0.3 is 14.7 Å². The lowest BCUT2D eigenvalue weighted by atomic mass is 9.96. The van der Waals surface area contributed by atoms with Gasteiger partial charge in [-0.1, -0.05) is 6.92 Å². The van der Waals surface area contributed by atoms with Gasteiger partial charge in [0.25, 0.3) is 0 Å². The Morgan fingerprint density at radius 1 is 1.53 bits per heavy atom. The minimum absolute atomic E-state index is 0.283. The Kier molecular flexibility index (Phi) is 3.78. The molecule has 0 spiro atoms. The molecule has 0 radical (unpaired) electrons. The summed E-state index contributed by atoms with van der Waals surface area (Å²) in [6.07, 6.45) is 2.20. The molecule has 1 aromatic rings. The summed E-state index contributed by atoms with van der Waals surface area (Å²) in [4.78, 5) is 10.3. The third-order valence-electron chi connectivity index (χ3n) is 3.16. The van der Waals surface area contributed by atoms with Crippen LogP contribution in [0.3, 0.4) is 0 Å². The number of nitrogens with zero attached hydrogens (tertiary/aromatic N) is 3. The van der Waals surface area contributed by atoms with Crippen LogP contribution in [0.25, 0.3) is 0 Å². The molecule has 1 aliphatic heterocycles. The average Bonchev–Trinajstić information content (AvgIpc) is 2.33. The highest BCUT2D eigenvalue weighted by Crippen LogP contribution is 2.23. The van der Waals surface area contributed by atoms with Crippen LogP contribution >= 0.6 is 0 Å². The van der Waals surface area contributed by atoms with E-state index in [4.69, 9.17) is 4.74 Å². The third kappa shape index (κ3) is 2.85. The number of aliphatic hydroxyl groups is 1. The lowest BCUT2D eigenvalue weighted by Gasteiger charge is -2.34. The van der Waals surface area contributed by atoms with Gasteiger partial charge >= 0.3 is 0 Å². The SMILES string of the molecule is CCOc1cc(N2CC[C@@H](C)[C@H](O)C2)ncn1. The van der Waals surface area contributed by atoms with E-state index in [-0.39, 0.29) is 6.10 Å². The van der Waals surface area contributed by atoms with E-state index in [0.717, 1.165) is 18.8 Å². The van der Waals surface area contributed by atoms with Crippen LogP contribution in [0.15, 0.2) is 12.4 Å². The largest absolute Gasteiger partial charge is 0.478 e. The summed E-state index contributed by atoms with van der Waals surface area (Å²) in [5.74, 6) is 1.78. The van der Waals surface area contributed by atoms with Crippen molar-refractivity contribution in [1.29, 1.82) is 0 Å².